The van der Waals surface area contributed by atoms with E-state index >= 15 is 0 Å². The maximum absolute atomic E-state index is 5.40. The number of rotatable bonds is 7. The molecule has 106 valence electrons. The molecule has 0 aromatic heterocycles. The topological polar surface area (TPSA) is 42.5 Å². The molecule has 0 amide bonds. The van der Waals surface area contributed by atoms with Crippen LogP contribution >= 0.6 is 0 Å². The highest BCUT2D eigenvalue weighted by Crippen LogP contribution is 2.24. The van der Waals surface area contributed by atoms with E-state index in [-0.39, 0.29) is 0 Å². The first kappa shape index (κ1) is 14.2. The van der Waals surface area contributed by atoms with Gasteiger partial charge in [-0.25, -0.2) is 0 Å². The summed E-state index contributed by atoms with van der Waals surface area (Å²) in [6.07, 6.45) is 3.57. The van der Waals surface area contributed by atoms with Crippen molar-refractivity contribution in [3.8, 4) is 11.5 Å². The van der Waals surface area contributed by atoms with E-state index in [0.717, 1.165) is 31.0 Å². The van der Waals surface area contributed by atoms with Gasteiger partial charge in [0, 0.05) is 18.7 Å². The monoisotopic (exact) mass is 264 g/mol. The molecule has 0 radical (unpaired) electrons. The van der Waals surface area contributed by atoms with E-state index < -0.39 is 0 Å². The Hall–Kier alpha value is -1.26. The van der Waals surface area contributed by atoms with Crippen molar-refractivity contribution in [2.24, 2.45) is 0 Å². The molecule has 0 bridgehead atoms. The van der Waals surface area contributed by atoms with Crippen LogP contribution in [0.5, 0.6) is 11.5 Å². The predicted octanol–water partition coefficient (Wildman–Crippen LogP) is 1.59. The van der Waals surface area contributed by atoms with Crippen molar-refractivity contribution < 1.29 is 9.47 Å². The number of methoxy groups -OCH3 is 2. The van der Waals surface area contributed by atoms with Gasteiger partial charge in [0.05, 0.1) is 14.2 Å². The number of hydrogen-bond donors (Lipinski definition) is 2. The number of ether oxygens (including phenoxy) is 2. The van der Waals surface area contributed by atoms with Gasteiger partial charge in [-0.3, -0.25) is 0 Å². The highest BCUT2D eigenvalue weighted by Gasteiger charge is 2.12. The van der Waals surface area contributed by atoms with Crippen molar-refractivity contribution in [1.82, 2.24) is 10.6 Å². The normalized spacial score (nSPS) is 18.5. The first-order valence-electron chi connectivity index (χ1n) is 6.98. The molecule has 1 atom stereocenters. The zero-order valence-electron chi connectivity index (χ0n) is 11.9. The largest absolute Gasteiger partial charge is 0.497 e. The van der Waals surface area contributed by atoms with Crippen molar-refractivity contribution >= 4 is 0 Å². The van der Waals surface area contributed by atoms with Crippen LogP contribution in [0.15, 0.2) is 18.2 Å². The summed E-state index contributed by atoms with van der Waals surface area (Å²) in [5.74, 6) is 1.74. The van der Waals surface area contributed by atoms with Gasteiger partial charge in [-0.2, -0.15) is 0 Å². The van der Waals surface area contributed by atoms with Crippen LogP contribution in [-0.2, 0) is 6.42 Å². The van der Waals surface area contributed by atoms with Gasteiger partial charge in [0.15, 0.2) is 0 Å². The third kappa shape index (κ3) is 4.11. The molecular formula is C15H24N2O2. The molecule has 4 heteroatoms. The first-order valence-corrected chi connectivity index (χ1v) is 6.98. The van der Waals surface area contributed by atoms with E-state index in [4.69, 9.17) is 9.47 Å². The Balaban J connectivity index is 1.78. The van der Waals surface area contributed by atoms with Gasteiger partial charge < -0.3 is 20.1 Å². The third-order valence-corrected chi connectivity index (χ3v) is 3.62. The van der Waals surface area contributed by atoms with Gasteiger partial charge >= 0.3 is 0 Å². The standard InChI is InChI=1S/C15H24N2O2/c1-18-14-6-5-12(15(10-14)19-2)7-9-16-11-13-4-3-8-17-13/h5-6,10,13,16-17H,3-4,7-9,11H2,1-2H3. The van der Waals surface area contributed by atoms with Crippen LogP contribution in [0.25, 0.3) is 0 Å². The third-order valence-electron chi connectivity index (χ3n) is 3.62. The van der Waals surface area contributed by atoms with E-state index in [1.165, 1.54) is 24.9 Å². The number of nitrogens with one attached hydrogen (secondary N) is 2. The van der Waals surface area contributed by atoms with Crippen LogP contribution in [0.2, 0.25) is 0 Å². The quantitative estimate of drug-likeness (QED) is 0.734. The maximum atomic E-state index is 5.40. The minimum Gasteiger partial charge on any atom is -0.497 e. The Kier molecular flexibility index (Phi) is 5.48. The summed E-state index contributed by atoms with van der Waals surface area (Å²) in [4.78, 5) is 0. The van der Waals surface area contributed by atoms with E-state index in [1.807, 2.05) is 12.1 Å². The smallest absolute Gasteiger partial charge is 0.125 e. The lowest BCUT2D eigenvalue weighted by molar-refractivity contribution is 0.390. The average Bonchev–Trinajstić information content (AvgIpc) is 2.96. The molecule has 0 spiro atoms. The van der Waals surface area contributed by atoms with Gasteiger partial charge in [-0.15, -0.1) is 0 Å². The molecular weight excluding hydrogens is 240 g/mol. The van der Waals surface area contributed by atoms with Crippen molar-refractivity contribution in [3.05, 3.63) is 23.8 Å². The van der Waals surface area contributed by atoms with Crippen molar-refractivity contribution in [2.45, 2.75) is 25.3 Å². The summed E-state index contributed by atoms with van der Waals surface area (Å²) in [6.45, 7) is 3.19. The first-order chi connectivity index (χ1) is 9.33. The summed E-state index contributed by atoms with van der Waals surface area (Å²) in [5.41, 5.74) is 1.22. The molecule has 2 N–H and O–H groups in total. The SMILES string of the molecule is COc1ccc(CCNCC2CCCN2)c(OC)c1. The highest BCUT2D eigenvalue weighted by atomic mass is 16.5. The second kappa shape index (κ2) is 7.36. The lowest BCUT2D eigenvalue weighted by Crippen LogP contribution is -2.34. The van der Waals surface area contributed by atoms with Gasteiger partial charge in [0.2, 0.25) is 0 Å². The Morgan fingerprint density at radius 1 is 1.32 bits per heavy atom. The maximum Gasteiger partial charge on any atom is 0.125 e. The van der Waals surface area contributed by atoms with Crippen LogP contribution in [0, 0.1) is 0 Å². The molecule has 1 fully saturated rings. The van der Waals surface area contributed by atoms with E-state index in [2.05, 4.69) is 16.7 Å². The lowest BCUT2D eigenvalue weighted by Gasteiger charge is -2.13. The van der Waals surface area contributed by atoms with Crippen LogP contribution in [0.1, 0.15) is 18.4 Å². The van der Waals surface area contributed by atoms with E-state index in [1.54, 1.807) is 14.2 Å². The van der Waals surface area contributed by atoms with Gasteiger partial charge in [-0.1, -0.05) is 6.07 Å². The van der Waals surface area contributed by atoms with Crippen molar-refractivity contribution in [2.75, 3.05) is 33.9 Å². The minimum atomic E-state index is 0.651. The fourth-order valence-electron chi connectivity index (χ4n) is 2.49. The molecule has 1 unspecified atom stereocenters. The van der Waals surface area contributed by atoms with Gasteiger partial charge in [0.1, 0.15) is 11.5 Å². The molecule has 2 rings (SSSR count). The molecule has 1 saturated heterocycles. The average molecular weight is 264 g/mol. The predicted molar refractivity (Wildman–Crippen MR) is 77.1 cm³/mol. The Bertz CT molecular complexity index is 390. The summed E-state index contributed by atoms with van der Waals surface area (Å²) < 4.78 is 10.6. The summed E-state index contributed by atoms with van der Waals surface area (Å²) in [6, 6.07) is 6.65. The molecule has 1 aliphatic heterocycles. The fourth-order valence-corrected chi connectivity index (χ4v) is 2.49. The molecule has 19 heavy (non-hydrogen) atoms. The van der Waals surface area contributed by atoms with Crippen LogP contribution in [-0.4, -0.2) is 39.9 Å². The summed E-state index contributed by atoms with van der Waals surface area (Å²) in [5, 5.41) is 7.00. The molecule has 1 aromatic carbocycles. The van der Waals surface area contributed by atoms with Crippen LogP contribution in [0.4, 0.5) is 0 Å². The van der Waals surface area contributed by atoms with Gasteiger partial charge in [-0.05, 0) is 44.0 Å². The van der Waals surface area contributed by atoms with Crippen molar-refractivity contribution in [1.29, 1.82) is 0 Å². The number of benzene rings is 1. The summed E-state index contributed by atoms with van der Waals surface area (Å²) in [7, 11) is 3.37. The second-order valence-corrected chi connectivity index (χ2v) is 4.93. The Labute approximate surface area is 115 Å². The number of hydrogen-bond acceptors (Lipinski definition) is 4. The Morgan fingerprint density at radius 3 is 2.89 bits per heavy atom. The lowest BCUT2D eigenvalue weighted by atomic mass is 10.1. The fraction of sp³-hybridized carbons (Fsp3) is 0.600. The summed E-state index contributed by atoms with van der Waals surface area (Å²) >= 11 is 0. The van der Waals surface area contributed by atoms with Gasteiger partial charge in [0.25, 0.3) is 0 Å². The molecule has 0 aliphatic carbocycles. The van der Waals surface area contributed by atoms with E-state index in [9.17, 15) is 0 Å². The highest BCUT2D eigenvalue weighted by molar-refractivity contribution is 5.40. The zero-order chi connectivity index (χ0) is 13.5. The molecule has 1 heterocycles. The van der Waals surface area contributed by atoms with Crippen LogP contribution in [0.3, 0.4) is 0 Å². The van der Waals surface area contributed by atoms with Crippen LogP contribution < -0.4 is 20.1 Å². The Morgan fingerprint density at radius 2 is 2.21 bits per heavy atom. The zero-order valence-corrected chi connectivity index (χ0v) is 11.9. The molecule has 4 nitrogen and oxygen atoms in total. The molecule has 1 aliphatic rings. The second-order valence-electron chi connectivity index (χ2n) is 4.93. The van der Waals surface area contributed by atoms with E-state index in [0.29, 0.717) is 6.04 Å². The molecule has 1 aromatic rings. The van der Waals surface area contributed by atoms with Crippen molar-refractivity contribution in [3.63, 3.8) is 0 Å². The molecule has 0 saturated carbocycles. The minimum absolute atomic E-state index is 0.651.